The molecule has 1 heterocycles. The predicted molar refractivity (Wildman–Crippen MR) is 88.2 cm³/mol. The first kappa shape index (κ1) is 15.5. The number of halogens is 3. The van der Waals surface area contributed by atoms with Gasteiger partial charge in [-0.2, -0.15) is 0 Å². The second-order valence-corrected chi connectivity index (χ2v) is 6.05. The van der Waals surface area contributed by atoms with Crippen LogP contribution in [0.1, 0.15) is 24.7 Å². The average Bonchev–Trinajstić information content (AvgIpc) is 2.39. The minimum Gasteiger partial charge on any atom is -0.339 e. The third-order valence-electron chi connectivity index (χ3n) is 2.79. The number of hydrogen-bond acceptors (Lipinski definition) is 3. The van der Waals surface area contributed by atoms with Gasteiger partial charge in [-0.3, -0.25) is 0 Å². The number of aromatic nitrogens is 2. The molecule has 2 rings (SSSR count). The quantitative estimate of drug-likeness (QED) is 0.712. The molecule has 0 aliphatic rings. The maximum Gasteiger partial charge on any atom is 0.138 e. The Bertz CT molecular complexity index is 632. The third-order valence-corrected chi connectivity index (χ3v) is 4.05. The molecule has 0 fully saturated rings. The first-order chi connectivity index (χ1) is 9.51. The fourth-order valence-corrected chi connectivity index (χ4v) is 2.68. The van der Waals surface area contributed by atoms with Crippen molar-refractivity contribution < 1.29 is 0 Å². The van der Waals surface area contributed by atoms with E-state index in [1.54, 1.807) is 0 Å². The highest BCUT2D eigenvalue weighted by Crippen LogP contribution is 2.30. The molecule has 0 saturated heterocycles. The molecular weight excluding hydrogens is 361 g/mol. The Morgan fingerprint density at radius 3 is 2.65 bits per heavy atom. The smallest absolute Gasteiger partial charge is 0.138 e. The van der Waals surface area contributed by atoms with E-state index in [-0.39, 0.29) is 0 Å². The van der Waals surface area contributed by atoms with Crippen LogP contribution in [0.3, 0.4) is 0 Å². The monoisotopic (exact) mass is 373 g/mol. The van der Waals surface area contributed by atoms with Crippen LogP contribution < -0.4 is 5.32 Å². The Kier molecular flexibility index (Phi) is 5.24. The zero-order chi connectivity index (χ0) is 14.7. The van der Waals surface area contributed by atoms with E-state index >= 15 is 0 Å². The second kappa shape index (κ2) is 6.74. The van der Waals surface area contributed by atoms with Gasteiger partial charge in [-0.05, 0) is 47.5 Å². The number of benzene rings is 1. The summed E-state index contributed by atoms with van der Waals surface area (Å²) >= 11 is 15.6. The topological polar surface area (TPSA) is 37.8 Å². The summed E-state index contributed by atoms with van der Waals surface area (Å²) in [5.41, 5.74) is 1.71. The fraction of sp³-hybridized carbons (Fsp3) is 0.286. The number of nitrogens with zero attached hydrogens (tertiary/aromatic N) is 2. The molecule has 0 aliphatic heterocycles. The van der Waals surface area contributed by atoms with Crippen LogP contribution in [0.15, 0.2) is 22.7 Å². The summed E-state index contributed by atoms with van der Waals surface area (Å²) in [6.07, 6.45) is 1.78. The Morgan fingerprint density at radius 2 is 2.00 bits per heavy atom. The molecule has 0 unspecified atom stereocenters. The first-order valence-corrected chi connectivity index (χ1v) is 7.81. The number of anilines is 2. The largest absolute Gasteiger partial charge is 0.339 e. The summed E-state index contributed by atoms with van der Waals surface area (Å²) < 4.78 is 0.871. The van der Waals surface area contributed by atoms with Crippen molar-refractivity contribution in [2.45, 2.75) is 26.7 Å². The summed E-state index contributed by atoms with van der Waals surface area (Å²) in [4.78, 5) is 8.80. The van der Waals surface area contributed by atoms with E-state index < -0.39 is 0 Å². The van der Waals surface area contributed by atoms with Crippen LogP contribution in [0.5, 0.6) is 0 Å². The first-order valence-electron chi connectivity index (χ1n) is 6.26. The number of rotatable bonds is 4. The number of nitrogens with one attached hydrogen (secondary N) is 1. The molecule has 3 nitrogen and oxygen atoms in total. The molecule has 1 N–H and O–H groups in total. The molecule has 6 heteroatoms. The minimum atomic E-state index is 0.482. The van der Waals surface area contributed by atoms with Gasteiger partial charge in [-0.1, -0.05) is 30.1 Å². The summed E-state index contributed by atoms with van der Waals surface area (Å²) in [6.45, 7) is 3.98. The van der Waals surface area contributed by atoms with Gasteiger partial charge in [0.15, 0.2) is 0 Å². The summed E-state index contributed by atoms with van der Waals surface area (Å²) in [7, 11) is 0. The molecule has 0 spiro atoms. The van der Waals surface area contributed by atoms with E-state index in [4.69, 9.17) is 23.2 Å². The molecule has 2 aromatic rings. The molecule has 1 aromatic heterocycles. The van der Waals surface area contributed by atoms with Gasteiger partial charge in [0.2, 0.25) is 0 Å². The van der Waals surface area contributed by atoms with Crippen molar-refractivity contribution in [2.24, 2.45) is 0 Å². The average molecular weight is 375 g/mol. The van der Waals surface area contributed by atoms with Gasteiger partial charge in [0.25, 0.3) is 0 Å². The second-order valence-electron chi connectivity index (χ2n) is 4.40. The van der Waals surface area contributed by atoms with E-state index in [1.807, 2.05) is 25.1 Å². The van der Waals surface area contributed by atoms with Crippen molar-refractivity contribution in [2.75, 3.05) is 5.32 Å². The van der Waals surface area contributed by atoms with Crippen molar-refractivity contribution in [1.82, 2.24) is 9.97 Å². The predicted octanol–water partition coefficient (Wildman–Crippen LogP) is 5.55. The van der Waals surface area contributed by atoms with Crippen LogP contribution in [-0.2, 0) is 6.42 Å². The minimum absolute atomic E-state index is 0.482. The van der Waals surface area contributed by atoms with E-state index in [0.717, 1.165) is 40.2 Å². The summed E-state index contributed by atoms with van der Waals surface area (Å²) in [5, 5.41) is 4.42. The zero-order valence-corrected chi connectivity index (χ0v) is 14.3. The van der Waals surface area contributed by atoms with Crippen molar-refractivity contribution >= 4 is 50.6 Å². The van der Waals surface area contributed by atoms with Crippen LogP contribution >= 0.6 is 39.1 Å². The fourth-order valence-electron chi connectivity index (χ4n) is 1.71. The SMILES string of the molecule is CCCc1nc(Cl)c(C)c(Nc2ccc(Cl)cc2Br)n1. The Balaban J connectivity index is 2.37. The molecular formula is C14H14BrCl2N3. The van der Waals surface area contributed by atoms with Crippen molar-refractivity contribution in [1.29, 1.82) is 0 Å². The molecule has 0 radical (unpaired) electrons. The van der Waals surface area contributed by atoms with Gasteiger partial charge in [0.1, 0.15) is 16.8 Å². The van der Waals surface area contributed by atoms with Crippen LogP contribution in [0.4, 0.5) is 11.5 Å². The van der Waals surface area contributed by atoms with Crippen LogP contribution in [0, 0.1) is 6.92 Å². The Hall–Kier alpha value is -0.840. The molecule has 0 saturated carbocycles. The maximum absolute atomic E-state index is 6.16. The van der Waals surface area contributed by atoms with Crippen LogP contribution in [-0.4, -0.2) is 9.97 Å². The standard InChI is InChI=1S/C14H14BrCl2N3/c1-3-4-12-19-13(17)8(2)14(20-12)18-11-6-5-9(16)7-10(11)15/h5-7H,3-4H2,1-2H3,(H,18,19,20). The van der Waals surface area contributed by atoms with Gasteiger partial charge in [0, 0.05) is 21.5 Å². The molecule has 1 aromatic carbocycles. The maximum atomic E-state index is 6.16. The van der Waals surface area contributed by atoms with E-state index in [1.165, 1.54) is 0 Å². The Labute approximate surface area is 136 Å². The van der Waals surface area contributed by atoms with Gasteiger partial charge >= 0.3 is 0 Å². The summed E-state index contributed by atoms with van der Waals surface area (Å²) in [6, 6.07) is 5.54. The van der Waals surface area contributed by atoms with E-state index in [9.17, 15) is 0 Å². The Morgan fingerprint density at radius 1 is 1.25 bits per heavy atom. The zero-order valence-electron chi connectivity index (χ0n) is 11.2. The third kappa shape index (κ3) is 3.62. The molecule has 0 aliphatic carbocycles. The van der Waals surface area contributed by atoms with E-state index in [2.05, 4.69) is 38.1 Å². The van der Waals surface area contributed by atoms with Crippen LogP contribution in [0.25, 0.3) is 0 Å². The van der Waals surface area contributed by atoms with Crippen molar-refractivity contribution in [3.63, 3.8) is 0 Å². The molecule has 0 bridgehead atoms. The molecule has 0 atom stereocenters. The number of aryl methyl sites for hydroxylation is 1. The van der Waals surface area contributed by atoms with E-state index in [0.29, 0.717) is 10.2 Å². The molecule has 20 heavy (non-hydrogen) atoms. The van der Waals surface area contributed by atoms with Gasteiger partial charge < -0.3 is 5.32 Å². The van der Waals surface area contributed by atoms with Gasteiger partial charge in [-0.25, -0.2) is 9.97 Å². The molecule has 106 valence electrons. The lowest BCUT2D eigenvalue weighted by molar-refractivity contribution is 0.833. The van der Waals surface area contributed by atoms with Gasteiger partial charge in [-0.15, -0.1) is 0 Å². The van der Waals surface area contributed by atoms with Crippen LogP contribution in [0.2, 0.25) is 10.2 Å². The van der Waals surface area contributed by atoms with Crippen molar-refractivity contribution in [3.05, 3.63) is 44.2 Å². The highest BCUT2D eigenvalue weighted by molar-refractivity contribution is 9.10. The summed E-state index contributed by atoms with van der Waals surface area (Å²) in [5.74, 6) is 1.46. The van der Waals surface area contributed by atoms with Gasteiger partial charge in [0.05, 0.1) is 5.69 Å². The van der Waals surface area contributed by atoms with Crippen molar-refractivity contribution in [3.8, 4) is 0 Å². The highest BCUT2D eigenvalue weighted by Gasteiger charge is 2.10. The number of hydrogen-bond donors (Lipinski definition) is 1. The lowest BCUT2D eigenvalue weighted by atomic mass is 10.2. The lowest BCUT2D eigenvalue weighted by Crippen LogP contribution is -2.04. The highest BCUT2D eigenvalue weighted by atomic mass is 79.9. The lowest BCUT2D eigenvalue weighted by Gasteiger charge is -2.12. The molecule has 0 amide bonds. The normalized spacial score (nSPS) is 10.7.